The van der Waals surface area contributed by atoms with Crippen molar-refractivity contribution in [3.8, 4) is 0 Å². The summed E-state index contributed by atoms with van der Waals surface area (Å²) in [6, 6.07) is -0.329. The SMILES string of the molecule is CCNCCCCC(C(C)=O)N(CC(C)=O)CC(C)=O. The molecule has 5 heteroatoms. The number of nitrogens with one attached hydrogen (secondary N) is 1. The highest BCUT2D eigenvalue weighted by Gasteiger charge is 2.24. The Morgan fingerprint density at radius 1 is 1.00 bits per heavy atom. The molecule has 0 aliphatic rings. The molecule has 0 saturated heterocycles. The molecule has 0 aliphatic heterocycles. The van der Waals surface area contributed by atoms with Gasteiger partial charge in [-0.1, -0.05) is 13.3 Å². The van der Waals surface area contributed by atoms with Crippen LogP contribution in [0.1, 0.15) is 47.0 Å². The van der Waals surface area contributed by atoms with E-state index in [9.17, 15) is 14.4 Å². The van der Waals surface area contributed by atoms with E-state index in [2.05, 4.69) is 12.2 Å². The van der Waals surface area contributed by atoms with Crippen LogP contribution < -0.4 is 5.32 Å². The van der Waals surface area contributed by atoms with E-state index in [4.69, 9.17) is 0 Å². The largest absolute Gasteiger partial charge is 0.317 e. The van der Waals surface area contributed by atoms with E-state index in [0.717, 1.165) is 25.9 Å². The minimum absolute atomic E-state index is 0.0230. The van der Waals surface area contributed by atoms with Gasteiger partial charge in [0, 0.05) is 0 Å². The summed E-state index contributed by atoms with van der Waals surface area (Å²) in [7, 11) is 0. The zero-order valence-electron chi connectivity index (χ0n) is 13.2. The first-order chi connectivity index (χ1) is 9.38. The van der Waals surface area contributed by atoms with Gasteiger partial charge < -0.3 is 5.32 Å². The molecule has 1 atom stereocenters. The molecule has 5 nitrogen and oxygen atoms in total. The monoisotopic (exact) mass is 284 g/mol. The summed E-state index contributed by atoms with van der Waals surface area (Å²) >= 11 is 0. The number of carbonyl (C=O) groups is 3. The lowest BCUT2D eigenvalue weighted by atomic mass is 10.0. The zero-order chi connectivity index (χ0) is 15.5. The quantitative estimate of drug-likeness (QED) is 0.546. The number of rotatable bonds is 12. The number of carbonyl (C=O) groups excluding carboxylic acids is 3. The van der Waals surface area contributed by atoms with Crippen molar-refractivity contribution < 1.29 is 14.4 Å². The van der Waals surface area contributed by atoms with Crippen LogP contribution in [0.2, 0.25) is 0 Å². The van der Waals surface area contributed by atoms with Gasteiger partial charge >= 0.3 is 0 Å². The van der Waals surface area contributed by atoms with Crippen molar-refractivity contribution in [2.45, 2.75) is 53.0 Å². The van der Waals surface area contributed by atoms with E-state index in [1.807, 2.05) is 0 Å². The third kappa shape index (κ3) is 8.93. The summed E-state index contributed by atoms with van der Waals surface area (Å²) in [5, 5.41) is 3.24. The van der Waals surface area contributed by atoms with Gasteiger partial charge in [0.2, 0.25) is 0 Å². The van der Waals surface area contributed by atoms with Gasteiger partial charge in [-0.3, -0.25) is 19.3 Å². The Kier molecular flexibility index (Phi) is 10.1. The third-order valence-corrected chi connectivity index (χ3v) is 3.09. The van der Waals surface area contributed by atoms with Gasteiger partial charge in [-0.15, -0.1) is 0 Å². The maximum atomic E-state index is 11.8. The lowest BCUT2D eigenvalue weighted by Gasteiger charge is -2.28. The second kappa shape index (κ2) is 10.7. The standard InChI is InChI=1S/C15H28N2O3/c1-5-16-9-7-6-8-15(14(4)20)17(10-12(2)18)11-13(3)19/h15-16H,5-11H2,1-4H3. The summed E-state index contributed by atoms with van der Waals surface area (Å²) in [4.78, 5) is 36.1. The van der Waals surface area contributed by atoms with Gasteiger partial charge in [-0.2, -0.15) is 0 Å². The highest BCUT2D eigenvalue weighted by molar-refractivity contribution is 5.85. The van der Waals surface area contributed by atoms with Crippen LogP contribution >= 0.6 is 0 Å². The van der Waals surface area contributed by atoms with Crippen molar-refractivity contribution in [3.63, 3.8) is 0 Å². The first kappa shape index (κ1) is 18.9. The number of Topliss-reactive ketones (excluding diaryl/α,β-unsaturated/α-hetero) is 3. The second-order valence-electron chi connectivity index (χ2n) is 5.28. The Bertz CT molecular complexity index is 313. The number of hydrogen-bond donors (Lipinski definition) is 1. The van der Waals surface area contributed by atoms with Crippen LogP contribution in [0, 0.1) is 0 Å². The van der Waals surface area contributed by atoms with Gasteiger partial charge in [0.15, 0.2) is 0 Å². The molecule has 0 fully saturated rings. The van der Waals surface area contributed by atoms with Crippen molar-refractivity contribution in [1.82, 2.24) is 10.2 Å². The maximum Gasteiger partial charge on any atom is 0.146 e. The first-order valence-electron chi connectivity index (χ1n) is 7.32. The third-order valence-electron chi connectivity index (χ3n) is 3.09. The molecule has 0 saturated carbocycles. The summed E-state index contributed by atoms with van der Waals surface area (Å²) in [6.07, 6.45) is 2.59. The Balaban J connectivity index is 4.51. The molecule has 0 aromatic rings. The average Bonchev–Trinajstić information content (AvgIpc) is 2.31. The summed E-state index contributed by atoms with van der Waals surface area (Å²) in [5.41, 5.74) is 0. The zero-order valence-corrected chi connectivity index (χ0v) is 13.2. The molecule has 0 rings (SSSR count). The smallest absolute Gasteiger partial charge is 0.146 e. The minimum Gasteiger partial charge on any atom is -0.317 e. The number of unbranched alkanes of at least 4 members (excludes halogenated alkanes) is 1. The van der Waals surface area contributed by atoms with Crippen LogP contribution in [0.5, 0.6) is 0 Å². The Morgan fingerprint density at radius 3 is 1.95 bits per heavy atom. The number of ketones is 3. The molecule has 1 N–H and O–H groups in total. The van der Waals surface area contributed by atoms with Crippen LogP contribution in [-0.2, 0) is 14.4 Å². The topological polar surface area (TPSA) is 66.5 Å². The van der Waals surface area contributed by atoms with Gasteiger partial charge in [0.1, 0.15) is 17.3 Å². The van der Waals surface area contributed by atoms with Crippen molar-refractivity contribution in [2.24, 2.45) is 0 Å². The van der Waals surface area contributed by atoms with E-state index in [1.165, 1.54) is 20.8 Å². The van der Waals surface area contributed by atoms with Gasteiger partial charge in [-0.05, 0) is 46.7 Å². The van der Waals surface area contributed by atoms with Crippen molar-refractivity contribution in [2.75, 3.05) is 26.2 Å². The number of hydrogen-bond acceptors (Lipinski definition) is 5. The van der Waals surface area contributed by atoms with Crippen LogP contribution in [0.15, 0.2) is 0 Å². The van der Waals surface area contributed by atoms with Gasteiger partial charge in [0.25, 0.3) is 0 Å². The molecule has 116 valence electrons. The normalized spacial score (nSPS) is 12.4. The lowest BCUT2D eigenvalue weighted by molar-refractivity contribution is -0.127. The molecule has 0 amide bonds. The predicted molar refractivity (Wildman–Crippen MR) is 79.8 cm³/mol. The van der Waals surface area contributed by atoms with Crippen LogP contribution in [0.4, 0.5) is 0 Å². The molecule has 0 aliphatic carbocycles. The van der Waals surface area contributed by atoms with E-state index in [0.29, 0.717) is 6.42 Å². The molecule has 0 radical (unpaired) electrons. The van der Waals surface area contributed by atoms with Crippen LogP contribution in [-0.4, -0.2) is 54.5 Å². The minimum atomic E-state index is -0.329. The molecule has 0 spiro atoms. The molecule has 0 bridgehead atoms. The Hall–Kier alpha value is -1.07. The summed E-state index contributed by atoms with van der Waals surface area (Å²) < 4.78 is 0. The molecule has 1 unspecified atom stereocenters. The molecule has 0 aromatic heterocycles. The van der Waals surface area contributed by atoms with Crippen LogP contribution in [0.25, 0.3) is 0 Å². The number of nitrogens with zero attached hydrogens (tertiary/aromatic N) is 1. The average molecular weight is 284 g/mol. The van der Waals surface area contributed by atoms with Crippen molar-refractivity contribution in [1.29, 1.82) is 0 Å². The molecule has 0 aromatic carbocycles. The van der Waals surface area contributed by atoms with E-state index < -0.39 is 0 Å². The van der Waals surface area contributed by atoms with E-state index >= 15 is 0 Å². The fourth-order valence-corrected chi connectivity index (χ4v) is 2.26. The van der Waals surface area contributed by atoms with Gasteiger partial charge in [-0.25, -0.2) is 0 Å². The van der Waals surface area contributed by atoms with Gasteiger partial charge in [0.05, 0.1) is 19.1 Å². The maximum absolute atomic E-state index is 11.8. The van der Waals surface area contributed by atoms with E-state index in [1.54, 1.807) is 4.90 Å². The molecular formula is C15H28N2O3. The Labute approximate surface area is 122 Å². The first-order valence-corrected chi connectivity index (χ1v) is 7.32. The second-order valence-corrected chi connectivity index (χ2v) is 5.28. The molecular weight excluding hydrogens is 256 g/mol. The molecule has 20 heavy (non-hydrogen) atoms. The Morgan fingerprint density at radius 2 is 1.55 bits per heavy atom. The van der Waals surface area contributed by atoms with Crippen molar-refractivity contribution >= 4 is 17.3 Å². The van der Waals surface area contributed by atoms with E-state index in [-0.39, 0.29) is 36.5 Å². The predicted octanol–water partition coefficient (Wildman–Crippen LogP) is 1.20. The highest BCUT2D eigenvalue weighted by Crippen LogP contribution is 2.10. The highest BCUT2D eigenvalue weighted by atomic mass is 16.1. The summed E-state index contributed by atoms with van der Waals surface area (Å²) in [5.74, 6) is -0.0220. The molecule has 0 heterocycles. The lowest BCUT2D eigenvalue weighted by Crippen LogP contribution is -2.45. The fourth-order valence-electron chi connectivity index (χ4n) is 2.26. The van der Waals surface area contributed by atoms with Crippen molar-refractivity contribution in [3.05, 3.63) is 0 Å². The van der Waals surface area contributed by atoms with Crippen LogP contribution in [0.3, 0.4) is 0 Å². The summed E-state index contributed by atoms with van der Waals surface area (Å²) in [6.45, 7) is 8.75. The fraction of sp³-hybridized carbons (Fsp3) is 0.800.